The molecule has 2 rings (SSSR count). The average molecular weight is 236 g/mol. The Balaban J connectivity index is 2.24. The third kappa shape index (κ3) is 2.85. The normalized spacial score (nSPS) is 16.4. The fourth-order valence-electron chi connectivity index (χ4n) is 2.53. The minimum atomic E-state index is 0.138. The zero-order valence-electron chi connectivity index (χ0n) is 10.3. The largest absolute Gasteiger partial charge is 0.395 e. The lowest BCUT2D eigenvalue weighted by Crippen LogP contribution is -2.36. The summed E-state index contributed by atoms with van der Waals surface area (Å²) in [5.41, 5.74) is 5.75. The SMILES string of the molecule is Cc1nc(N)cc(N(CCO)C2CCCC2)n1. The Labute approximate surface area is 102 Å². The molecule has 1 aliphatic carbocycles. The molecule has 0 amide bonds. The van der Waals surface area contributed by atoms with Crippen molar-refractivity contribution in [1.82, 2.24) is 9.97 Å². The van der Waals surface area contributed by atoms with Gasteiger partial charge in [0.05, 0.1) is 6.61 Å². The van der Waals surface area contributed by atoms with Crippen molar-refractivity contribution in [3.8, 4) is 0 Å². The van der Waals surface area contributed by atoms with E-state index in [-0.39, 0.29) is 6.61 Å². The Kier molecular flexibility index (Phi) is 3.78. The molecule has 5 nitrogen and oxygen atoms in total. The molecule has 1 heterocycles. The van der Waals surface area contributed by atoms with Gasteiger partial charge < -0.3 is 15.7 Å². The maximum absolute atomic E-state index is 9.18. The summed E-state index contributed by atoms with van der Waals surface area (Å²) in [6, 6.07) is 2.27. The molecule has 94 valence electrons. The van der Waals surface area contributed by atoms with Gasteiger partial charge in [0.2, 0.25) is 0 Å². The summed E-state index contributed by atoms with van der Waals surface area (Å²) in [7, 11) is 0. The van der Waals surface area contributed by atoms with Gasteiger partial charge >= 0.3 is 0 Å². The van der Waals surface area contributed by atoms with E-state index in [1.54, 1.807) is 6.07 Å². The van der Waals surface area contributed by atoms with E-state index in [4.69, 9.17) is 5.73 Å². The van der Waals surface area contributed by atoms with Crippen LogP contribution >= 0.6 is 0 Å². The van der Waals surface area contributed by atoms with Gasteiger partial charge in [0, 0.05) is 18.7 Å². The highest BCUT2D eigenvalue weighted by molar-refractivity contribution is 5.47. The van der Waals surface area contributed by atoms with Crippen molar-refractivity contribution in [2.75, 3.05) is 23.8 Å². The van der Waals surface area contributed by atoms with Gasteiger partial charge in [0.25, 0.3) is 0 Å². The molecule has 1 aliphatic rings. The van der Waals surface area contributed by atoms with Crippen LogP contribution in [-0.2, 0) is 0 Å². The molecule has 1 saturated carbocycles. The summed E-state index contributed by atoms with van der Waals surface area (Å²) >= 11 is 0. The van der Waals surface area contributed by atoms with Crippen molar-refractivity contribution in [3.63, 3.8) is 0 Å². The predicted molar refractivity (Wildman–Crippen MR) is 67.9 cm³/mol. The summed E-state index contributed by atoms with van der Waals surface area (Å²) in [6.07, 6.45) is 4.85. The number of rotatable bonds is 4. The van der Waals surface area contributed by atoms with Crippen LogP contribution in [0.5, 0.6) is 0 Å². The van der Waals surface area contributed by atoms with Crippen LogP contribution in [0.2, 0.25) is 0 Å². The van der Waals surface area contributed by atoms with E-state index in [0.717, 1.165) is 5.82 Å². The van der Waals surface area contributed by atoms with E-state index in [0.29, 0.717) is 24.2 Å². The standard InChI is InChI=1S/C12H20N4O/c1-9-14-11(13)8-12(15-9)16(6-7-17)10-4-2-3-5-10/h8,10,17H,2-7H2,1H3,(H2,13,14,15). The molecule has 0 unspecified atom stereocenters. The van der Waals surface area contributed by atoms with Crippen molar-refractivity contribution in [1.29, 1.82) is 0 Å². The average Bonchev–Trinajstić information content (AvgIpc) is 2.77. The lowest BCUT2D eigenvalue weighted by molar-refractivity contribution is 0.297. The zero-order chi connectivity index (χ0) is 12.3. The summed E-state index contributed by atoms with van der Waals surface area (Å²) in [5.74, 6) is 2.02. The number of hydrogen-bond acceptors (Lipinski definition) is 5. The highest BCUT2D eigenvalue weighted by Gasteiger charge is 2.23. The fraction of sp³-hybridized carbons (Fsp3) is 0.667. The quantitative estimate of drug-likeness (QED) is 0.819. The second-order valence-electron chi connectivity index (χ2n) is 4.55. The van der Waals surface area contributed by atoms with Crippen molar-refractivity contribution in [2.24, 2.45) is 0 Å². The minimum Gasteiger partial charge on any atom is -0.395 e. The van der Waals surface area contributed by atoms with Crippen LogP contribution in [-0.4, -0.2) is 34.3 Å². The van der Waals surface area contributed by atoms with E-state index in [2.05, 4.69) is 14.9 Å². The number of aryl methyl sites for hydroxylation is 1. The molecule has 1 aromatic rings. The Bertz CT molecular complexity index is 357. The number of hydrogen-bond donors (Lipinski definition) is 2. The maximum atomic E-state index is 9.18. The second kappa shape index (κ2) is 5.31. The third-order valence-corrected chi connectivity index (χ3v) is 3.24. The molecule has 0 atom stereocenters. The van der Waals surface area contributed by atoms with Crippen molar-refractivity contribution < 1.29 is 5.11 Å². The highest BCUT2D eigenvalue weighted by Crippen LogP contribution is 2.27. The molecule has 5 heteroatoms. The van der Waals surface area contributed by atoms with E-state index < -0.39 is 0 Å². The molecule has 0 aromatic carbocycles. The lowest BCUT2D eigenvalue weighted by atomic mass is 10.2. The van der Waals surface area contributed by atoms with Crippen LogP contribution in [0.3, 0.4) is 0 Å². The minimum absolute atomic E-state index is 0.138. The van der Waals surface area contributed by atoms with Gasteiger partial charge in [0.1, 0.15) is 17.5 Å². The molecule has 0 radical (unpaired) electrons. The number of nitrogens with two attached hydrogens (primary N) is 1. The summed E-state index contributed by atoms with van der Waals surface area (Å²) in [6.45, 7) is 2.59. The van der Waals surface area contributed by atoms with Crippen LogP contribution in [0.1, 0.15) is 31.5 Å². The molecular weight excluding hydrogens is 216 g/mol. The first-order valence-electron chi connectivity index (χ1n) is 6.19. The van der Waals surface area contributed by atoms with Crippen molar-refractivity contribution in [2.45, 2.75) is 38.6 Å². The first-order chi connectivity index (χ1) is 8.20. The maximum Gasteiger partial charge on any atom is 0.134 e. The van der Waals surface area contributed by atoms with E-state index in [9.17, 15) is 5.11 Å². The summed E-state index contributed by atoms with van der Waals surface area (Å²) in [5, 5.41) is 9.18. The van der Waals surface area contributed by atoms with Gasteiger partial charge in [-0.25, -0.2) is 9.97 Å². The number of nitrogens with zero attached hydrogens (tertiary/aromatic N) is 3. The number of anilines is 2. The zero-order valence-corrected chi connectivity index (χ0v) is 10.3. The molecule has 0 saturated heterocycles. The number of aliphatic hydroxyl groups is 1. The van der Waals surface area contributed by atoms with Crippen LogP contribution in [0, 0.1) is 6.92 Å². The molecule has 17 heavy (non-hydrogen) atoms. The van der Waals surface area contributed by atoms with Crippen molar-refractivity contribution in [3.05, 3.63) is 11.9 Å². The van der Waals surface area contributed by atoms with Gasteiger partial charge in [0.15, 0.2) is 0 Å². The Morgan fingerprint density at radius 1 is 1.41 bits per heavy atom. The van der Waals surface area contributed by atoms with Gasteiger partial charge in [-0.1, -0.05) is 12.8 Å². The fourth-order valence-corrected chi connectivity index (χ4v) is 2.53. The topological polar surface area (TPSA) is 75.3 Å². The first kappa shape index (κ1) is 12.1. The number of nitrogen functional groups attached to an aromatic ring is 1. The van der Waals surface area contributed by atoms with Gasteiger partial charge in [-0.2, -0.15) is 0 Å². The van der Waals surface area contributed by atoms with E-state index in [1.165, 1.54) is 25.7 Å². The Morgan fingerprint density at radius 2 is 2.12 bits per heavy atom. The van der Waals surface area contributed by atoms with Crippen LogP contribution in [0.4, 0.5) is 11.6 Å². The van der Waals surface area contributed by atoms with Crippen molar-refractivity contribution >= 4 is 11.6 Å². The summed E-state index contributed by atoms with van der Waals surface area (Å²) in [4.78, 5) is 10.7. The molecule has 1 aromatic heterocycles. The molecule has 3 N–H and O–H groups in total. The number of aliphatic hydroxyl groups excluding tert-OH is 1. The monoisotopic (exact) mass is 236 g/mol. The van der Waals surface area contributed by atoms with Gasteiger partial charge in [-0.3, -0.25) is 0 Å². The van der Waals surface area contributed by atoms with Crippen LogP contribution in [0.25, 0.3) is 0 Å². The van der Waals surface area contributed by atoms with Crippen LogP contribution in [0.15, 0.2) is 6.07 Å². The Morgan fingerprint density at radius 3 is 2.71 bits per heavy atom. The highest BCUT2D eigenvalue weighted by atomic mass is 16.3. The summed E-state index contributed by atoms with van der Waals surface area (Å²) < 4.78 is 0. The molecule has 0 bridgehead atoms. The predicted octanol–water partition coefficient (Wildman–Crippen LogP) is 1.11. The van der Waals surface area contributed by atoms with Crippen LogP contribution < -0.4 is 10.6 Å². The lowest BCUT2D eigenvalue weighted by Gasteiger charge is -2.29. The molecule has 0 spiro atoms. The van der Waals surface area contributed by atoms with E-state index in [1.807, 2.05) is 6.92 Å². The molecule has 1 fully saturated rings. The second-order valence-corrected chi connectivity index (χ2v) is 4.55. The Hall–Kier alpha value is -1.36. The molecule has 0 aliphatic heterocycles. The van der Waals surface area contributed by atoms with Gasteiger partial charge in [-0.05, 0) is 19.8 Å². The first-order valence-corrected chi connectivity index (χ1v) is 6.19. The number of aromatic nitrogens is 2. The smallest absolute Gasteiger partial charge is 0.134 e. The molecular formula is C12H20N4O. The van der Waals surface area contributed by atoms with E-state index >= 15 is 0 Å². The van der Waals surface area contributed by atoms with Gasteiger partial charge in [-0.15, -0.1) is 0 Å². The third-order valence-electron chi connectivity index (χ3n) is 3.24.